The number of sulfonamides is 1. The predicted molar refractivity (Wildman–Crippen MR) is 118 cm³/mol. The van der Waals surface area contributed by atoms with Gasteiger partial charge in [0.2, 0.25) is 15.9 Å². The van der Waals surface area contributed by atoms with E-state index in [9.17, 15) is 13.2 Å². The van der Waals surface area contributed by atoms with Crippen molar-refractivity contribution in [2.75, 3.05) is 24.8 Å². The Labute approximate surface area is 185 Å². The fraction of sp³-hybridized carbons (Fsp3) is 0.300. The van der Waals surface area contributed by atoms with Crippen LogP contribution in [0.15, 0.2) is 41.7 Å². The van der Waals surface area contributed by atoms with Gasteiger partial charge in [0.15, 0.2) is 11.6 Å². The van der Waals surface area contributed by atoms with E-state index in [2.05, 4.69) is 30.4 Å². The second-order valence-corrected chi connectivity index (χ2v) is 9.14. The van der Waals surface area contributed by atoms with Gasteiger partial charge < -0.3 is 15.4 Å². The molecule has 12 heteroatoms. The number of methoxy groups -OCH3 is 1. The van der Waals surface area contributed by atoms with E-state index in [1.54, 1.807) is 36.3 Å². The number of para-hydroxylation sites is 1. The summed E-state index contributed by atoms with van der Waals surface area (Å²) < 4.78 is 34.6. The topological polar surface area (TPSA) is 140 Å². The van der Waals surface area contributed by atoms with E-state index < -0.39 is 10.0 Å². The minimum atomic E-state index is -3.83. The van der Waals surface area contributed by atoms with E-state index in [4.69, 9.17) is 4.74 Å². The Balaban J connectivity index is 1.76. The molecule has 0 aliphatic heterocycles. The summed E-state index contributed by atoms with van der Waals surface area (Å²) in [5.41, 5.74) is 1.35. The average Bonchev–Trinajstić information content (AvgIpc) is 3.54. The van der Waals surface area contributed by atoms with Gasteiger partial charge in [-0.25, -0.2) is 23.1 Å². The van der Waals surface area contributed by atoms with Crippen LogP contribution < -0.4 is 20.1 Å². The number of nitrogens with zero attached hydrogens (tertiary/aromatic N) is 4. The Morgan fingerprint density at radius 1 is 1.22 bits per heavy atom. The van der Waals surface area contributed by atoms with Crippen LogP contribution in [0, 0.1) is 5.92 Å². The molecule has 0 atom stereocenters. The molecule has 0 spiro atoms. The monoisotopic (exact) mass is 457 g/mol. The highest BCUT2D eigenvalue weighted by Gasteiger charge is 2.30. The molecule has 0 bridgehead atoms. The van der Waals surface area contributed by atoms with Crippen LogP contribution in [0.5, 0.6) is 5.75 Å². The number of aryl methyl sites for hydroxylation is 1. The minimum Gasteiger partial charge on any atom is -0.494 e. The van der Waals surface area contributed by atoms with Gasteiger partial charge in [-0.3, -0.25) is 9.48 Å². The van der Waals surface area contributed by atoms with E-state index in [1.165, 1.54) is 26.4 Å². The summed E-state index contributed by atoms with van der Waals surface area (Å²) in [5, 5.41) is 10.2. The SMILES string of the molecule is CNS(=O)(=O)c1cnc(NC(=O)C2CC2)cc1Nc1cccc(-c2ncn(C)n2)c1OC. The standard InChI is InChI=1S/C20H23N7O4S/c1-21-32(29,30)16-10-22-17(25-20(28)12-7-8-12)9-15(16)24-14-6-4-5-13(18(14)31-3)19-23-11-27(2)26-19/h4-6,9-12,21H,7-8H2,1-3H3,(H2,22,24,25,28). The third kappa shape index (κ3) is 4.41. The van der Waals surface area contributed by atoms with Gasteiger partial charge in [-0.15, -0.1) is 0 Å². The Bertz CT molecular complexity index is 1270. The van der Waals surface area contributed by atoms with Gasteiger partial charge in [0.05, 0.1) is 30.2 Å². The molecule has 3 N–H and O–H groups in total. The highest BCUT2D eigenvalue weighted by Crippen LogP contribution is 2.38. The number of hydrogen-bond donors (Lipinski definition) is 3. The number of amides is 1. The highest BCUT2D eigenvalue weighted by molar-refractivity contribution is 7.89. The minimum absolute atomic E-state index is 0.0171. The van der Waals surface area contributed by atoms with Crippen LogP contribution in [-0.2, 0) is 21.9 Å². The summed E-state index contributed by atoms with van der Waals surface area (Å²) in [6.07, 6.45) is 4.46. The number of carbonyl (C=O) groups excluding carboxylic acids is 1. The molecule has 32 heavy (non-hydrogen) atoms. The van der Waals surface area contributed by atoms with Crippen molar-refractivity contribution in [3.05, 3.63) is 36.8 Å². The normalized spacial score (nSPS) is 13.6. The lowest BCUT2D eigenvalue weighted by Gasteiger charge is -2.17. The zero-order chi connectivity index (χ0) is 22.9. The van der Waals surface area contributed by atoms with Gasteiger partial charge in [-0.05, 0) is 32.0 Å². The molecule has 1 amide bonds. The molecule has 1 aliphatic rings. The molecule has 1 saturated carbocycles. The second kappa shape index (κ2) is 8.55. The lowest BCUT2D eigenvalue weighted by molar-refractivity contribution is -0.117. The fourth-order valence-corrected chi connectivity index (χ4v) is 3.96. The number of ether oxygens (including phenoxy) is 1. The van der Waals surface area contributed by atoms with E-state index in [1.807, 2.05) is 0 Å². The maximum absolute atomic E-state index is 12.6. The van der Waals surface area contributed by atoms with E-state index in [-0.39, 0.29) is 28.2 Å². The molecule has 1 fully saturated rings. The molecule has 168 valence electrons. The van der Waals surface area contributed by atoms with Crippen LogP contribution in [0.25, 0.3) is 11.4 Å². The molecule has 0 saturated heterocycles. The van der Waals surface area contributed by atoms with Crippen molar-refractivity contribution in [1.82, 2.24) is 24.5 Å². The Hall–Kier alpha value is -3.51. The molecule has 2 heterocycles. The number of carbonyl (C=O) groups is 1. The zero-order valence-corrected chi connectivity index (χ0v) is 18.6. The van der Waals surface area contributed by atoms with E-state index >= 15 is 0 Å². The molecule has 4 rings (SSSR count). The van der Waals surface area contributed by atoms with Crippen LogP contribution in [-0.4, -0.2) is 48.2 Å². The van der Waals surface area contributed by atoms with E-state index in [0.717, 1.165) is 12.8 Å². The van der Waals surface area contributed by atoms with Crippen molar-refractivity contribution in [2.45, 2.75) is 17.7 Å². The second-order valence-electron chi connectivity index (χ2n) is 7.29. The summed E-state index contributed by atoms with van der Waals surface area (Å²) in [4.78, 5) is 20.4. The Morgan fingerprint density at radius 3 is 2.62 bits per heavy atom. The van der Waals surface area contributed by atoms with Crippen molar-refractivity contribution in [2.24, 2.45) is 13.0 Å². The lowest BCUT2D eigenvalue weighted by atomic mass is 10.1. The molecule has 3 aromatic rings. The third-order valence-corrected chi connectivity index (χ3v) is 6.40. The van der Waals surface area contributed by atoms with Gasteiger partial charge in [0, 0.05) is 19.0 Å². The molecule has 0 unspecified atom stereocenters. The van der Waals surface area contributed by atoms with Crippen molar-refractivity contribution >= 4 is 33.1 Å². The van der Waals surface area contributed by atoms with E-state index in [0.29, 0.717) is 22.8 Å². The number of hydrogen-bond acceptors (Lipinski definition) is 8. The molecule has 11 nitrogen and oxygen atoms in total. The smallest absolute Gasteiger partial charge is 0.243 e. The molecule has 1 aliphatic carbocycles. The Kier molecular flexibility index (Phi) is 5.80. The van der Waals surface area contributed by atoms with Crippen LogP contribution in [0.3, 0.4) is 0 Å². The van der Waals surface area contributed by atoms with Gasteiger partial charge in [0.1, 0.15) is 17.0 Å². The zero-order valence-electron chi connectivity index (χ0n) is 17.8. The van der Waals surface area contributed by atoms with Gasteiger partial charge in [0.25, 0.3) is 0 Å². The van der Waals surface area contributed by atoms with Crippen molar-refractivity contribution in [1.29, 1.82) is 0 Å². The number of pyridine rings is 1. The van der Waals surface area contributed by atoms with Crippen LogP contribution in [0.4, 0.5) is 17.2 Å². The average molecular weight is 458 g/mol. The molecular formula is C20H23N7O4S. The van der Waals surface area contributed by atoms with Gasteiger partial charge in [-0.2, -0.15) is 5.10 Å². The molecule has 2 aromatic heterocycles. The fourth-order valence-electron chi connectivity index (χ4n) is 3.15. The summed E-state index contributed by atoms with van der Waals surface area (Å²) in [5.74, 6) is 1.00. The maximum Gasteiger partial charge on any atom is 0.243 e. The first-order chi connectivity index (χ1) is 15.3. The number of rotatable bonds is 8. The first kappa shape index (κ1) is 21.7. The van der Waals surface area contributed by atoms with Gasteiger partial charge >= 0.3 is 0 Å². The van der Waals surface area contributed by atoms with Crippen molar-refractivity contribution < 1.29 is 17.9 Å². The van der Waals surface area contributed by atoms with Crippen molar-refractivity contribution in [3.63, 3.8) is 0 Å². The number of aromatic nitrogens is 4. The van der Waals surface area contributed by atoms with Crippen LogP contribution in [0.1, 0.15) is 12.8 Å². The summed E-state index contributed by atoms with van der Waals surface area (Å²) in [6.45, 7) is 0. The predicted octanol–water partition coefficient (Wildman–Crippen LogP) is 1.89. The van der Waals surface area contributed by atoms with Crippen molar-refractivity contribution in [3.8, 4) is 17.1 Å². The number of nitrogens with one attached hydrogen (secondary N) is 3. The lowest BCUT2D eigenvalue weighted by Crippen LogP contribution is -2.21. The molecule has 1 aromatic carbocycles. The summed E-state index contributed by atoms with van der Waals surface area (Å²) >= 11 is 0. The molecule has 0 radical (unpaired) electrons. The quantitative estimate of drug-likeness (QED) is 0.466. The number of anilines is 3. The third-order valence-electron chi connectivity index (χ3n) is 4.95. The summed E-state index contributed by atoms with van der Waals surface area (Å²) in [6, 6.07) is 6.80. The first-order valence-corrected chi connectivity index (χ1v) is 11.3. The summed E-state index contributed by atoms with van der Waals surface area (Å²) in [7, 11) is 0.746. The number of benzene rings is 1. The van der Waals surface area contributed by atoms with Crippen LogP contribution in [0.2, 0.25) is 0 Å². The largest absolute Gasteiger partial charge is 0.494 e. The first-order valence-electron chi connectivity index (χ1n) is 9.87. The van der Waals surface area contributed by atoms with Gasteiger partial charge in [-0.1, -0.05) is 6.07 Å². The highest BCUT2D eigenvalue weighted by atomic mass is 32.2. The maximum atomic E-state index is 12.6. The van der Waals surface area contributed by atoms with Crippen LogP contribution >= 0.6 is 0 Å². The molecular weight excluding hydrogens is 434 g/mol. The Morgan fingerprint density at radius 2 is 2.00 bits per heavy atom.